The normalized spacial score (nSPS) is 12.7. The molecule has 19 heavy (non-hydrogen) atoms. The van der Waals surface area contributed by atoms with Crippen LogP contribution in [0.2, 0.25) is 0 Å². The molecule has 0 atom stereocenters. The molecule has 0 radical (unpaired) electrons. The molecular formula is C12H8N3O3S-. The molecule has 0 spiro atoms. The Kier molecular flexibility index (Phi) is 2.58. The van der Waals surface area contributed by atoms with Crippen molar-refractivity contribution in [3.8, 4) is 0 Å². The number of aromatic nitrogens is 1. The van der Waals surface area contributed by atoms with Gasteiger partial charge in [-0.3, -0.25) is 0 Å². The first-order valence-corrected chi connectivity index (χ1v) is 6.79. The Labute approximate surface area is 108 Å². The van der Waals surface area contributed by atoms with Gasteiger partial charge in [0.05, 0.1) is 5.69 Å². The van der Waals surface area contributed by atoms with Crippen LogP contribution in [0.15, 0.2) is 52.1 Å². The number of rotatable bonds is 2. The summed E-state index contributed by atoms with van der Waals surface area (Å²) < 4.78 is 33.9. The van der Waals surface area contributed by atoms with E-state index in [1.54, 1.807) is 18.2 Å². The first-order chi connectivity index (χ1) is 9.03. The molecule has 0 aliphatic heterocycles. The third kappa shape index (κ3) is 2.33. The van der Waals surface area contributed by atoms with Crippen molar-refractivity contribution in [2.24, 2.45) is 9.63 Å². The first-order valence-electron chi connectivity index (χ1n) is 5.42. The van der Waals surface area contributed by atoms with Crippen LogP contribution in [0.4, 0.5) is 5.69 Å². The van der Waals surface area contributed by atoms with Gasteiger partial charge in [0, 0.05) is 21.8 Å². The Balaban J connectivity index is 2.16. The largest absolute Gasteiger partial charge is 0.728 e. The van der Waals surface area contributed by atoms with Crippen molar-refractivity contribution < 1.29 is 13.0 Å². The Hall–Kier alpha value is -2.25. The molecule has 1 N–H and O–H groups in total. The number of fused-ring (bicyclic) bond motifs is 3. The van der Waals surface area contributed by atoms with Crippen LogP contribution >= 0.6 is 0 Å². The molecule has 3 aromatic rings. The number of hydrogen-bond donors (Lipinski definition) is 1. The second kappa shape index (κ2) is 4.15. The quantitative estimate of drug-likeness (QED) is 0.574. The number of aromatic amines is 1. The van der Waals surface area contributed by atoms with E-state index in [1.807, 2.05) is 24.3 Å². The van der Waals surface area contributed by atoms with Crippen LogP contribution in [0.25, 0.3) is 21.8 Å². The van der Waals surface area contributed by atoms with Gasteiger partial charge in [-0.15, -0.1) is 5.11 Å². The molecule has 0 saturated carbocycles. The summed E-state index contributed by atoms with van der Waals surface area (Å²) in [4.78, 5) is 3.19. The smallest absolute Gasteiger partial charge is 0.220 e. The summed E-state index contributed by atoms with van der Waals surface area (Å²) in [6, 6.07) is 12.8. The van der Waals surface area contributed by atoms with Crippen molar-refractivity contribution in [2.45, 2.75) is 0 Å². The van der Waals surface area contributed by atoms with E-state index in [9.17, 15) is 13.0 Å². The third-order valence-corrected chi connectivity index (χ3v) is 3.03. The fourth-order valence-electron chi connectivity index (χ4n) is 2.00. The minimum Gasteiger partial charge on any atom is -0.728 e. The van der Waals surface area contributed by atoms with Gasteiger partial charge < -0.3 is 9.54 Å². The highest BCUT2D eigenvalue weighted by molar-refractivity contribution is 7.84. The van der Waals surface area contributed by atoms with Crippen LogP contribution < -0.4 is 0 Å². The Morgan fingerprint density at radius 1 is 1.00 bits per heavy atom. The van der Waals surface area contributed by atoms with Crippen LogP contribution in [0.5, 0.6) is 0 Å². The SMILES string of the molecule is O=S(=O)([O-])N=Nc1ccc2c(c1)[nH]c1ccccc12. The van der Waals surface area contributed by atoms with E-state index in [2.05, 4.69) is 14.6 Å². The monoisotopic (exact) mass is 274 g/mol. The predicted molar refractivity (Wildman–Crippen MR) is 70.0 cm³/mol. The number of H-pyrrole nitrogens is 1. The lowest BCUT2D eigenvalue weighted by molar-refractivity contribution is 0.462. The molecule has 1 heterocycles. The number of nitrogens with zero attached hydrogens (tertiary/aromatic N) is 2. The van der Waals surface area contributed by atoms with Crippen LogP contribution in [-0.2, 0) is 10.3 Å². The molecule has 0 unspecified atom stereocenters. The van der Waals surface area contributed by atoms with E-state index in [1.165, 1.54) is 0 Å². The van der Waals surface area contributed by atoms with E-state index in [0.717, 1.165) is 21.8 Å². The fourth-order valence-corrected chi connectivity index (χ4v) is 2.20. The topological polar surface area (TPSA) is 97.7 Å². The first kappa shape index (κ1) is 11.8. The molecule has 2 aromatic carbocycles. The molecule has 1 aromatic heterocycles. The molecule has 0 saturated heterocycles. The Morgan fingerprint density at radius 2 is 1.74 bits per heavy atom. The van der Waals surface area contributed by atoms with Crippen molar-refractivity contribution in [3.05, 3.63) is 42.5 Å². The molecule has 0 aliphatic carbocycles. The van der Waals surface area contributed by atoms with Crippen molar-refractivity contribution in [3.63, 3.8) is 0 Å². The van der Waals surface area contributed by atoms with E-state index in [-0.39, 0.29) is 0 Å². The lowest BCUT2D eigenvalue weighted by Crippen LogP contribution is -1.88. The molecule has 0 bridgehead atoms. The molecule has 7 heteroatoms. The molecule has 0 fully saturated rings. The lowest BCUT2D eigenvalue weighted by atomic mass is 10.1. The van der Waals surface area contributed by atoms with Gasteiger partial charge in [-0.1, -0.05) is 22.7 Å². The number of hydrogen-bond acceptors (Lipinski definition) is 4. The average molecular weight is 274 g/mol. The molecule has 3 rings (SSSR count). The van der Waals surface area contributed by atoms with Crippen molar-refractivity contribution >= 4 is 37.8 Å². The molecule has 0 aliphatic rings. The van der Waals surface area contributed by atoms with E-state index >= 15 is 0 Å². The van der Waals surface area contributed by atoms with Crippen LogP contribution in [0.1, 0.15) is 0 Å². The highest BCUT2D eigenvalue weighted by Crippen LogP contribution is 2.28. The molecule has 6 nitrogen and oxygen atoms in total. The van der Waals surface area contributed by atoms with Gasteiger partial charge in [0.1, 0.15) is 0 Å². The highest BCUT2D eigenvalue weighted by Gasteiger charge is 2.03. The minimum absolute atomic E-state index is 0.304. The van der Waals surface area contributed by atoms with Crippen molar-refractivity contribution in [1.29, 1.82) is 0 Å². The summed E-state index contributed by atoms with van der Waals surface area (Å²) >= 11 is 0. The van der Waals surface area contributed by atoms with Gasteiger partial charge in [0.2, 0.25) is 10.3 Å². The van der Waals surface area contributed by atoms with Crippen molar-refractivity contribution in [2.75, 3.05) is 0 Å². The zero-order valence-electron chi connectivity index (χ0n) is 9.57. The summed E-state index contributed by atoms with van der Waals surface area (Å²) in [5, 5.41) is 5.47. The van der Waals surface area contributed by atoms with Gasteiger partial charge in [0.15, 0.2) is 0 Å². The summed E-state index contributed by atoms with van der Waals surface area (Å²) in [5.41, 5.74) is 2.09. The lowest BCUT2D eigenvalue weighted by Gasteiger charge is -1.97. The zero-order chi connectivity index (χ0) is 13.5. The van der Waals surface area contributed by atoms with E-state index in [0.29, 0.717) is 5.69 Å². The Morgan fingerprint density at radius 3 is 2.53 bits per heavy atom. The third-order valence-electron chi connectivity index (χ3n) is 2.75. The predicted octanol–water partition coefficient (Wildman–Crippen LogP) is 2.87. The standard InChI is InChI=1S/C12H9N3O3S/c16-19(17,18)15-14-8-5-6-10-9-3-1-2-4-11(9)13-12(10)7-8/h1-7,13H,(H,16,17,18)/p-1. The van der Waals surface area contributed by atoms with Crippen molar-refractivity contribution in [1.82, 2.24) is 4.98 Å². The maximum Gasteiger partial charge on any atom is 0.220 e. The maximum atomic E-state index is 10.4. The molecule has 96 valence electrons. The number of benzene rings is 2. The fraction of sp³-hybridized carbons (Fsp3) is 0. The van der Waals surface area contributed by atoms with Gasteiger partial charge in [-0.2, -0.15) is 0 Å². The van der Waals surface area contributed by atoms with Crippen LogP contribution in [0.3, 0.4) is 0 Å². The van der Waals surface area contributed by atoms with E-state index < -0.39 is 10.3 Å². The van der Waals surface area contributed by atoms with Gasteiger partial charge >= 0.3 is 0 Å². The second-order valence-electron chi connectivity index (χ2n) is 4.01. The summed E-state index contributed by atoms with van der Waals surface area (Å²) in [7, 11) is -4.70. The maximum absolute atomic E-state index is 10.4. The van der Waals surface area contributed by atoms with Crippen LogP contribution in [0, 0.1) is 0 Å². The summed E-state index contributed by atoms with van der Waals surface area (Å²) in [6.07, 6.45) is 0. The van der Waals surface area contributed by atoms with Gasteiger partial charge in [-0.25, -0.2) is 8.42 Å². The number of para-hydroxylation sites is 1. The summed E-state index contributed by atoms with van der Waals surface area (Å²) in [5.74, 6) is 0. The summed E-state index contributed by atoms with van der Waals surface area (Å²) in [6.45, 7) is 0. The van der Waals surface area contributed by atoms with Crippen LogP contribution in [-0.4, -0.2) is 18.0 Å². The average Bonchev–Trinajstić information content (AvgIpc) is 2.73. The Bertz CT molecular complexity index is 897. The van der Waals surface area contributed by atoms with Gasteiger partial charge in [-0.05, 0) is 24.3 Å². The zero-order valence-corrected chi connectivity index (χ0v) is 10.4. The minimum atomic E-state index is -4.70. The molecule has 0 amide bonds. The second-order valence-corrected chi connectivity index (χ2v) is 5.03. The van der Waals surface area contributed by atoms with E-state index in [4.69, 9.17) is 0 Å². The van der Waals surface area contributed by atoms with Gasteiger partial charge in [0.25, 0.3) is 0 Å². The molecular weight excluding hydrogens is 266 g/mol. The number of nitrogens with one attached hydrogen (secondary N) is 1. The highest BCUT2D eigenvalue weighted by atomic mass is 32.2.